The maximum atomic E-state index is 13.5. The molecule has 1 aromatic rings. The number of hydrogen-bond donors (Lipinski definition) is 2. The Hall–Kier alpha value is -1.25. The van der Waals surface area contributed by atoms with Crippen molar-refractivity contribution in [1.29, 1.82) is 0 Å². The van der Waals surface area contributed by atoms with Gasteiger partial charge >= 0.3 is 10.2 Å². The molecule has 21 heavy (non-hydrogen) atoms. The van der Waals surface area contributed by atoms with Gasteiger partial charge in [-0.05, 0) is 44.5 Å². The van der Waals surface area contributed by atoms with Crippen LogP contribution in [0, 0.1) is 17.6 Å². The van der Waals surface area contributed by atoms with Crippen molar-refractivity contribution in [2.45, 2.75) is 12.8 Å². The Kier molecular flexibility index (Phi) is 5.13. The summed E-state index contributed by atoms with van der Waals surface area (Å²) >= 11 is 0. The third kappa shape index (κ3) is 4.12. The molecule has 1 atom stereocenters. The molecule has 0 bridgehead atoms. The van der Waals surface area contributed by atoms with Gasteiger partial charge in [0.25, 0.3) is 0 Å². The molecule has 0 aromatic heterocycles. The van der Waals surface area contributed by atoms with Crippen LogP contribution in [0.3, 0.4) is 0 Å². The first-order chi connectivity index (χ1) is 9.92. The second-order valence-corrected chi connectivity index (χ2v) is 6.83. The SMILES string of the molecule is CNCC1CCCN(S(=O)(=O)Nc2cc(F)ccc2F)C1. The zero-order valence-electron chi connectivity index (χ0n) is 11.8. The number of nitrogens with one attached hydrogen (secondary N) is 2. The normalized spacial score (nSPS) is 20.4. The molecule has 1 heterocycles. The van der Waals surface area contributed by atoms with Crippen LogP contribution >= 0.6 is 0 Å². The molecule has 1 aliphatic heterocycles. The number of benzene rings is 1. The first-order valence-corrected chi connectivity index (χ1v) is 8.24. The summed E-state index contributed by atoms with van der Waals surface area (Å²) in [5.41, 5.74) is -0.370. The van der Waals surface area contributed by atoms with Crippen LogP contribution in [0.4, 0.5) is 14.5 Å². The Labute approximate surface area is 123 Å². The van der Waals surface area contributed by atoms with Crippen LogP contribution in [0.2, 0.25) is 0 Å². The second kappa shape index (κ2) is 6.67. The van der Waals surface area contributed by atoms with Gasteiger partial charge in [0, 0.05) is 19.2 Å². The number of piperidine rings is 1. The lowest BCUT2D eigenvalue weighted by atomic mass is 10.00. The number of hydrogen-bond acceptors (Lipinski definition) is 3. The highest BCUT2D eigenvalue weighted by Gasteiger charge is 2.29. The molecule has 5 nitrogen and oxygen atoms in total. The van der Waals surface area contributed by atoms with Gasteiger partial charge in [0.05, 0.1) is 5.69 Å². The molecule has 2 rings (SSSR count). The van der Waals surface area contributed by atoms with E-state index in [1.165, 1.54) is 4.31 Å². The Balaban J connectivity index is 2.12. The number of anilines is 1. The van der Waals surface area contributed by atoms with E-state index in [2.05, 4.69) is 10.0 Å². The highest BCUT2D eigenvalue weighted by atomic mass is 32.2. The lowest BCUT2D eigenvalue weighted by Crippen LogP contribution is -2.44. The van der Waals surface area contributed by atoms with Crippen LogP contribution in [-0.4, -0.2) is 39.4 Å². The van der Waals surface area contributed by atoms with Crippen molar-refractivity contribution < 1.29 is 17.2 Å². The fraction of sp³-hybridized carbons (Fsp3) is 0.538. The Morgan fingerprint density at radius 1 is 1.38 bits per heavy atom. The van der Waals surface area contributed by atoms with Crippen molar-refractivity contribution in [3.8, 4) is 0 Å². The van der Waals surface area contributed by atoms with Crippen molar-refractivity contribution in [1.82, 2.24) is 9.62 Å². The highest BCUT2D eigenvalue weighted by molar-refractivity contribution is 7.90. The summed E-state index contributed by atoms with van der Waals surface area (Å²) in [4.78, 5) is 0. The zero-order valence-corrected chi connectivity index (χ0v) is 12.6. The van der Waals surface area contributed by atoms with Gasteiger partial charge in [-0.2, -0.15) is 12.7 Å². The van der Waals surface area contributed by atoms with E-state index in [0.29, 0.717) is 13.1 Å². The maximum Gasteiger partial charge on any atom is 0.301 e. The van der Waals surface area contributed by atoms with Crippen molar-refractivity contribution in [3.05, 3.63) is 29.8 Å². The van der Waals surface area contributed by atoms with E-state index in [4.69, 9.17) is 0 Å². The van der Waals surface area contributed by atoms with Crippen LogP contribution in [-0.2, 0) is 10.2 Å². The standard InChI is InChI=1S/C13H19F2N3O2S/c1-16-8-10-3-2-6-18(9-10)21(19,20)17-13-7-11(14)4-5-12(13)15/h4-5,7,10,16-17H,2-3,6,8-9H2,1H3. The lowest BCUT2D eigenvalue weighted by molar-refractivity contribution is 0.264. The fourth-order valence-corrected chi connectivity index (χ4v) is 3.82. The predicted octanol–water partition coefficient (Wildman–Crippen LogP) is 1.55. The molecule has 0 aliphatic carbocycles. The molecule has 1 unspecified atom stereocenters. The summed E-state index contributed by atoms with van der Waals surface area (Å²) in [5, 5.41) is 3.02. The molecular formula is C13H19F2N3O2S. The van der Waals surface area contributed by atoms with Crippen molar-refractivity contribution in [3.63, 3.8) is 0 Å². The monoisotopic (exact) mass is 319 g/mol. The van der Waals surface area contributed by atoms with Crippen molar-refractivity contribution in [2.24, 2.45) is 5.92 Å². The largest absolute Gasteiger partial charge is 0.319 e. The van der Waals surface area contributed by atoms with Gasteiger partial charge in [0.15, 0.2) is 0 Å². The van der Waals surface area contributed by atoms with Gasteiger partial charge in [-0.25, -0.2) is 8.78 Å². The minimum absolute atomic E-state index is 0.220. The van der Waals surface area contributed by atoms with Crippen LogP contribution in [0.5, 0.6) is 0 Å². The second-order valence-electron chi connectivity index (χ2n) is 5.16. The molecule has 1 aromatic carbocycles. The molecule has 118 valence electrons. The van der Waals surface area contributed by atoms with Crippen molar-refractivity contribution >= 4 is 15.9 Å². The van der Waals surface area contributed by atoms with Gasteiger partial charge in [-0.1, -0.05) is 0 Å². The van der Waals surface area contributed by atoms with Gasteiger partial charge < -0.3 is 5.32 Å². The molecule has 8 heteroatoms. The van der Waals surface area contributed by atoms with Gasteiger partial charge in [0.1, 0.15) is 11.6 Å². The van der Waals surface area contributed by atoms with E-state index in [1.54, 1.807) is 0 Å². The molecule has 0 amide bonds. The number of rotatable bonds is 5. The van der Waals surface area contributed by atoms with Crippen LogP contribution in [0.25, 0.3) is 0 Å². The minimum Gasteiger partial charge on any atom is -0.319 e. The summed E-state index contributed by atoms with van der Waals surface area (Å²) in [6, 6.07) is 2.67. The summed E-state index contributed by atoms with van der Waals surface area (Å²) in [5.74, 6) is -1.28. The van der Waals surface area contributed by atoms with E-state index in [9.17, 15) is 17.2 Å². The minimum atomic E-state index is -3.88. The molecule has 1 fully saturated rings. The van der Waals surface area contributed by atoms with Crippen LogP contribution < -0.4 is 10.0 Å². The van der Waals surface area contributed by atoms with Crippen LogP contribution in [0.15, 0.2) is 18.2 Å². The van der Waals surface area contributed by atoms with Gasteiger partial charge in [-0.15, -0.1) is 0 Å². The molecule has 1 aliphatic rings. The summed E-state index contributed by atoms with van der Waals surface area (Å²) in [6.45, 7) is 1.47. The lowest BCUT2D eigenvalue weighted by Gasteiger charge is -2.31. The molecular weight excluding hydrogens is 300 g/mol. The topological polar surface area (TPSA) is 61.4 Å². The van der Waals surface area contributed by atoms with E-state index in [0.717, 1.165) is 37.6 Å². The van der Waals surface area contributed by atoms with Crippen LogP contribution in [0.1, 0.15) is 12.8 Å². The Morgan fingerprint density at radius 2 is 2.14 bits per heavy atom. The van der Waals surface area contributed by atoms with E-state index in [-0.39, 0.29) is 11.6 Å². The third-order valence-corrected chi connectivity index (χ3v) is 4.97. The third-order valence-electron chi connectivity index (χ3n) is 3.48. The van der Waals surface area contributed by atoms with Gasteiger partial charge in [-0.3, -0.25) is 4.72 Å². The van der Waals surface area contributed by atoms with E-state index >= 15 is 0 Å². The summed E-state index contributed by atoms with van der Waals surface area (Å²) < 4.78 is 54.6. The summed E-state index contributed by atoms with van der Waals surface area (Å²) in [6.07, 6.45) is 1.69. The average Bonchev–Trinajstić information content (AvgIpc) is 2.43. The number of halogens is 2. The first kappa shape index (κ1) is 16.1. The zero-order chi connectivity index (χ0) is 15.5. The quantitative estimate of drug-likeness (QED) is 0.866. The highest BCUT2D eigenvalue weighted by Crippen LogP contribution is 2.22. The fourth-order valence-electron chi connectivity index (χ4n) is 2.48. The summed E-state index contributed by atoms with van der Waals surface area (Å²) in [7, 11) is -2.06. The van der Waals surface area contributed by atoms with Gasteiger partial charge in [0.2, 0.25) is 0 Å². The number of nitrogens with zero attached hydrogens (tertiary/aromatic N) is 1. The Morgan fingerprint density at radius 3 is 2.86 bits per heavy atom. The molecule has 0 radical (unpaired) electrons. The smallest absolute Gasteiger partial charge is 0.301 e. The average molecular weight is 319 g/mol. The van der Waals surface area contributed by atoms with Crippen molar-refractivity contribution in [2.75, 3.05) is 31.4 Å². The molecule has 1 saturated heterocycles. The maximum absolute atomic E-state index is 13.5. The first-order valence-electron chi connectivity index (χ1n) is 6.80. The van der Waals surface area contributed by atoms with E-state index in [1.807, 2.05) is 7.05 Å². The molecule has 2 N–H and O–H groups in total. The van der Waals surface area contributed by atoms with E-state index < -0.39 is 21.8 Å². The Bertz CT molecular complexity index is 593. The molecule has 0 spiro atoms. The predicted molar refractivity (Wildman–Crippen MR) is 77.1 cm³/mol. The molecule has 0 saturated carbocycles.